The van der Waals surface area contributed by atoms with Crippen LogP contribution in [-0.4, -0.2) is 23.0 Å². The van der Waals surface area contributed by atoms with Gasteiger partial charge in [0.25, 0.3) is 0 Å². The van der Waals surface area contributed by atoms with Crippen molar-refractivity contribution in [3.63, 3.8) is 0 Å². The van der Waals surface area contributed by atoms with Gasteiger partial charge in [-0.05, 0) is 12.8 Å². The standard InChI is InChI=1S/C24H52O7P2.K.H/c1-3-5-7-9-11-13-15-17-19-21-23-29-33(28,31-32(25,26)27)30-24-22-20-18-16-14-12-10-8-6-4-2;;/h3-24H2,1-2H3,(H2,25,26,27);;/q;+1;-1. The molecule has 0 aliphatic carbocycles. The van der Waals surface area contributed by atoms with Crippen molar-refractivity contribution in [1.29, 1.82) is 0 Å². The molecule has 7 nitrogen and oxygen atoms in total. The fourth-order valence-electron chi connectivity index (χ4n) is 3.75. The number of unbranched alkanes of at least 4 members (excludes halogenated alkanes) is 18. The van der Waals surface area contributed by atoms with Crippen LogP contribution in [0.3, 0.4) is 0 Å². The summed E-state index contributed by atoms with van der Waals surface area (Å²) in [4.78, 5) is 18.1. The van der Waals surface area contributed by atoms with Crippen LogP contribution in [0.2, 0.25) is 0 Å². The molecule has 34 heavy (non-hydrogen) atoms. The zero-order chi connectivity index (χ0) is 24.7. The van der Waals surface area contributed by atoms with E-state index < -0.39 is 15.6 Å². The largest absolute Gasteiger partial charge is 1.00 e. The Bertz CT molecular complexity index is 494. The Morgan fingerprint density at radius 3 is 1.06 bits per heavy atom. The second-order valence-electron chi connectivity index (χ2n) is 9.05. The summed E-state index contributed by atoms with van der Waals surface area (Å²) in [5.41, 5.74) is 0. The van der Waals surface area contributed by atoms with Crippen molar-refractivity contribution in [3.8, 4) is 0 Å². The molecule has 0 bridgehead atoms. The minimum Gasteiger partial charge on any atom is -1.00 e. The molecule has 0 fully saturated rings. The number of hydrogen-bond donors (Lipinski definition) is 2. The van der Waals surface area contributed by atoms with Gasteiger partial charge in [-0.1, -0.05) is 129 Å². The maximum absolute atomic E-state index is 12.6. The van der Waals surface area contributed by atoms with E-state index in [1.807, 2.05) is 0 Å². The number of hydrogen-bond acceptors (Lipinski definition) is 5. The molecule has 0 rings (SSSR count). The topological polar surface area (TPSA) is 102 Å². The van der Waals surface area contributed by atoms with E-state index in [4.69, 9.17) is 18.8 Å². The van der Waals surface area contributed by atoms with Crippen molar-refractivity contribution in [2.45, 2.75) is 142 Å². The maximum Gasteiger partial charge on any atom is 1.00 e. The van der Waals surface area contributed by atoms with E-state index in [2.05, 4.69) is 18.2 Å². The summed E-state index contributed by atoms with van der Waals surface area (Å²) in [7, 11) is -9.22. The van der Waals surface area contributed by atoms with Crippen LogP contribution in [0, 0.1) is 0 Å². The Labute approximate surface area is 254 Å². The van der Waals surface area contributed by atoms with Crippen LogP contribution in [-0.2, 0) is 22.5 Å². The molecule has 202 valence electrons. The molecule has 0 saturated heterocycles. The summed E-state index contributed by atoms with van der Waals surface area (Å²) in [6.07, 6.45) is 23.0. The van der Waals surface area contributed by atoms with E-state index in [1.165, 1.54) is 77.0 Å². The Hall–Kier alpha value is 1.90. The first-order chi connectivity index (χ1) is 15.8. The van der Waals surface area contributed by atoms with Crippen LogP contribution in [0.25, 0.3) is 0 Å². The molecule has 0 aliphatic heterocycles. The fraction of sp³-hybridized carbons (Fsp3) is 1.00. The van der Waals surface area contributed by atoms with Crippen molar-refractivity contribution >= 4 is 15.6 Å². The monoisotopic (exact) mass is 554 g/mol. The number of rotatable bonds is 26. The van der Waals surface area contributed by atoms with Gasteiger partial charge in [0.05, 0.1) is 13.2 Å². The first-order valence-electron chi connectivity index (χ1n) is 13.5. The SMILES string of the molecule is CCCCCCCCCCCCOP(=O)(OCCCCCCCCCCCC)OP(=O)(O)O.[H-].[K+]. The van der Waals surface area contributed by atoms with Crippen LogP contribution in [0.4, 0.5) is 0 Å². The average Bonchev–Trinajstić information content (AvgIpc) is 2.74. The summed E-state index contributed by atoms with van der Waals surface area (Å²) in [6.45, 7) is 4.64. The van der Waals surface area contributed by atoms with Gasteiger partial charge in [0, 0.05) is 0 Å². The summed E-state index contributed by atoms with van der Waals surface area (Å²) in [5.74, 6) is 0. The van der Waals surface area contributed by atoms with Gasteiger partial charge in [-0.15, -0.1) is 0 Å². The third kappa shape index (κ3) is 28.5. The van der Waals surface area contributed by atoms with Gasteiger partial charge < -0.3 is 11.2 Å². The Kier molecular flexibility index (Phi) is 29.7. The van der Waals surface area contributed by atoms with Crippen LogP contribution in [0.5, 0.6) is 0 Å². The predicted molar refractivity (Wildman–Crippen MR) is 137 cm³/mol. The van der Waals surface area contributed by atoms with Gasteiger partial charge in [-0.25, -0.2) is 9.13 Å². The summed E-state index contributed by atoms with van der Waals surface area (Å²) >= 11 is 0. The molecule has 0 unspecified atom stereocenters. The molecule has 0 radical (unpaired) electrons. The van der Waals surface area contributed by atoms with Gasteiger partial charge in [-0.2, -0.15) is 4.31 Å². The molecule has 0 spiro atoms. The van der Waals surface area contributed by atoms with Gasteiger partial charge in [0.1, 0.15) is 0 Å². The first kappa shape index (κ1) is 38.0. The molecule has 0 aromatic rings. The van der Waals surface area contributed by atoms with Crippen molar-refractivity contribution in [2.24, 2.45) is 0 Å². The van der Waals surface area contributed by atoms with Gasteiger partial charge in [-0.3, -0.25) is 9.05 Å². The summed E-state index contributed by atoms with van der Waals surface area (Å²) in [5, 5.41) is 0. The quantitative estimate of drug-likeness (QED) is 0.0746. The number of phosphoric acid groups is 2. The van der Waals surface area contributed by atoms with Crippen molar-refractivity contribution in [3.05, 3.63) is 0 Å². The molecular weight excluding hydrogens is 501 g/mol. The second-order valence-corrected chi connectivity index (χ2v) is 12.1. The van der Waals surface area contributed by atoms with E-state index in [0.29, 0.717) is 12.8 Å². The molecule has 0 aromatic carbocycles. The minimum atomic E-state index is -4.96. The van der Waals surface area contributed by atoms with Gasteiger partial charge in [0.2, 0.25) is 0 Å². The molecule has 0 saturated carbocycles. The van der Waals surface area contributed by atoms with E-state index >= 15 is 0 Å². The third-order valence-corrected chi connectivity index (χ3v) is 8.35. The Morgan fingerprint density at radius 1 is 0.529 bits per heavy atom. The first-order valence-corrected chi connectivity index (χ1v) is 16.5. The van der Waals surface area contributed by atoms with Crippen molar-refractivity contribution < 1.29 is 85.1 Å². The molecule has 10 heteroatoms. The second kappa shape index (κ2) is 26.5. The Balaban J connectivity index is -0.00000512. The molecule has 0 amide bonds. The van der Waals surface area contributed by atoms with E-state index in [0.717, 1.165) is 38.5 Å². The molecule has 0 atom stereocenters. The smallest absolute Gasteiger partial charge is 1.00 e. The zero-order valence-electron chi connectivity index (χ0n) is 23.4. The molecule has 2 N–H and O–H groups in total. The van der Waals surface area contributed by atoms with Crippen LogP contribution < -0.4 is 51.4 Å². The zero-order valence-corrected chi connectivity index (χ0v) is 27.3. The van der Waals surface area contributed by atoms with Crippen molar-refractivity contribution in [2.75, 3.05) is 13.2 Å². The minimum absolute atomic E-state index is 0. The third-order valence-electron chi connectivity index (χ3n) is 5.70. The molecule has 0 aromatic heterocycles. The Morgan fingerprint density at radius 2 is 0.794 bits per heavy atom. The average molecular weight is 555 g/mol. The van der Waals surface area contributed by atoms with Crippen LogP contribution >= 0.6 is 15.6 Å². The molecule has 0 heterocycles. The van der Waals surface area contributed by atoms with Crippen LogP contribution in [0.15, 0.2) is 0 Å². The maximum atomic E-state index is 12.6. The number of phosphoric ester groups is 1. The summed E-state index contributed by atoms with van der Waals surface area (Å²) < 4.78 is 38.5. The van der Waals surface area contributed by atoms with E-state index in [1.54, 1.807) is 0 Å². The van der Waals surface area contributed by atoms with E-state index in [-0.39, 0.29) is 66.0 Å². The van der Waals surface area contributed by atoms with E-state index in [9.17, 15) is 9.13 Å². The predicted octanol–water partition coefficient (Wildman–Crippen LogP) is 6.20. The molecule has 0 aliphatic rings. The fourth-order valence-corrected chi connectivity index (χ4v) is 5.95. The van der Waals surface area contributed by atoms with Crippen LogP contribution in [0.1, 0.15) is 144 Å². The summed E-state index contributed by atoms with van der Waals surface area (Å²) in [6, 6.07) is 0. The normalized spacial score (nSPS) is 12.1. The van der Waals surface area contributed by atoms with Gasteiger partial charge >= 0.3 is 67.0 Å². The molecular formula is C24H53KO7P2. The van der Waals surface area contributed by atoms with Gasteiger partial charge in [0.15, 0.2) is 0 Å². The van der Waals surface area contributed by atoms with Crippen molar-refractivity contribution in [1.82, 2.24) is 0 Å².